The lowest BCUT2D eigenvalue weighted by atomic mass is 10.1. The lowest BCUT2D eigenvalue weighted by Crippen LogP contribution is -2.28. The van der Waals surface area contributed by atoms with Crippen LogP contribution in [-0.4, -0.2) is 31.8 Å². The molecule has 2 aromatic heterocycles. The second-order valence-electron chi connectivity index (χ2n) is 6.87. The molecule has 2 aliphatic rings. The van der Waals surface area contributed by atoms with Gasteiger partial charge in [0.1, 0.15) is 17.4 Å². The molecule has 0 spiro atoms. The topological polar surface area (TPSA) is 72.7 Å². The average molecular weight is 333 g/mol. The van der Waals surface area contributed by atoms with Crippen LogP contribution < -0.4 is 5.32 Å². The Morgan fingerprint density at radius 3 is 3.04 bits per heavy atom. The molecule has 126 valence electrons. The van der Waals surface area contributed by atoms with Gasteiger partial charge in [0, 0.05) is 36.2 Å². The maximum Gasteiger partial charge on any atom is 0.143 e. The third-order valence-corrected chi connectivity index (χ3v) is 5.03. The van der Waals surface area contributed by atoms with Crippen LogP contribution in [0.2, 0.25) is 0 Å². The highest BCUT2D eigenvalue weighted by Crippen LogP contribution is 2.31. The molecule has 1 saturated carbocycles. The van der Waals surface area contributed by atoms with Crippen LogP contribution in [0, 0.1) is 5.92 Å². The van der Waals surface area contributed by atoms with Crippen LogP contribution in [0.1, 0.15) is 24.5 Å². The summed E-state index contributed by atoms with van der Waals surface area (Å²) < 4.78 is 2.26. The van der Waals surface area contributed by atoms with Crippen molar-refractivity contribution in [1.29, 1.82) is 0 Å². The van der Waals surface area contributed by atoms with Crippen LogP contribution in [0.5, 0.6) is 0 Å². The molecule has 0 bridgehead atoms. The second kappa shape index (κ2) is 5.74. The summed E-state index contributed by atoms with van der Waals surface area (Å²) >= 11 is 0. The SMILES string of the molecule is O=C(Cc1ncc2ccc(-c3cnc4n3CCNC4)cc2n1)C1CC1. The molecule has 0 atom stereocenters. The number of rotatable bonds is 4. The molecule has 0 radical (unpaired) electrons. The summed E-state index contributed by atoms with van der Waals surface area (Å²) in [6.45, 7) is 2.69. The zero-order valence-corrected chi connectivity index (χ0v) is 13.9. The number of nitrogens with one attached hydrogen (secondary N) is 1. The van der Waals surface area contributed by atoms with Crippen molar-refractivity contribution in [2.24, 2.45) is 5.92 Å². The minimum absolute atomic E-state index is 0.248. The highest BCUT2D eigenvalue weighted by Gasteiger charge is 2.29. The van der Waals surface area contributed by atoms with Crippen LogP contribution in [0.4, 0.5) is 0 Å². The summed E-state index contributed by atoms with van der Waals surface area (Å²) in [6.07, 6.45) is 6.15. The van der Waals surface area contributed by atoms with Crippen molar-refractivity contribution in [2.45, 2.75) is 32.4 Å². The molecule has 5 rings (SSSR count). The molecule has 1 N–H and O–H groups in total. The number of carbonyl (C=O) groups excluding carboxylic acids is 1. The van der Waals surface area contributed by atoms with Crippen molar-refractivity contribution in [3.63, 3.8) is 0 Å². The van der Waals surface area contributed by atoms with Gasteiger partial charge in [-0.05, 0) is 18.9 Å². The third-order valence-electron chi connectivity index (χ3n) is 5.03. The Bertz CT molecular complexity index is 973. The number of hydrogen-bond donors (Lipinski definition) is 1. The first-order valence-corrected chi connectivity index (χ1v) is 8.82. The van der Waals surface area contributed by atoms with Gasteiger partial charge in [0.25, 0.3) is 0 Å². The zero-order chi connectivity index (χ0) is 16.8. The van der Waals surface area contributed by atoms with Crippen LogP contribution in [0.3, 0.4) is 0 Å². The van der Waals surface area contributed by atoms with Gasteiger partial charge in [-0.1, -0.05) is 12.1 Å². The molecule has 0 unspecified atom stereocenters. The van der Waals surface area contributed by atoms with E-state index in [1.807, 2.05) is 18.5 Å². The zero-order valence-electron chi connectivity index (χ0n) is 13.9. The Hall–Kier alpha value is -2.60. The standard InChI is InChI=1S/C19H19N5O/c25-17(12-1-2-12)8-18-21-9-14-4-3-13(7-15(14)23-18)16-10-22-19-11-20-5-6-24(16)19/h3-4,7,9-10,12,20H,1-2,5-6,8,11H2. The first-order chi connectivity index (χ1) is 12.3. The number of imidazole rings is 1. The molecule has 3 aromatic rings. The second-order valence-corrected chi connectivity index (χ2v) is 6.87. The number of nitrogens with zero attached hydrogens (tertiary/aromatic N) is 4. The molecular weight excluding hydrogens is 314 g/mol. The summed E-state index contributed by atoms with van der Waals surface area (Å²) in [7, 11) is 0. The molecule has 25 heavy (non-hydrogen) atoms. The Labute approximate surface area is 145 Å². The smallest absolute Gasteiger partial charge is 0.143 e. The molecular formula is C19H19N5O. The van der Waals surface area contributed by atoms with E-state index in [4.69, 9.17) is 0 Å². The van der Waals surface area contributed by atoms with E-state index in [2.05, 4.69) is 37.0 Å². The molecule has 1 aliphatic heterocycles. The van der Waals surface area contributed by atoms with E-state index >= 15 is 0 Å². The van der Waals surface area contributed by atoms with Crippen LogP contribution >= 0.6 is 0 Å². The van der Waals surface area contributed by atoms with E-state index in [0.717, 1.165) is 60.5 Å². The van der Waals surface area contributed by atoms with Crippen molar-refractivity contribution in [3.05, 3.63) is 42.2 Å². The average Bonchev–Trinajstić information content (AvgIpc) is 3.41. The highest BCUT2D eigenvalue weighted by molar-refractivity contribution is 5.86. The van der Waals surface area contributed by atoms with Crippen molar-refractivity contribution in [3.8, 4) is 11.3 Å². The molecule has 6 nitrogen and oxygen atoms in total. The first-order valence-electron chi connectivity index (χ1n) is 8.82. The molecule has 0 saturated heterocycles. The number of carbonyl (C=O) groups is 1. The van der Waals surface area contributed by atoms with Crippen molar-refractivity contribution in [1.82, 2.24) is 24.8 Å². The monoisotopic (exact) mass is 333 g/mol. The van der Waals surface area contributed by atoms with E-state index < -0.39 is 0 Å². The molecule has 1 aromatic carbocycles. The van der Waals surface area contributed by atoms with Gasteiger partial charge in [-0.2, -0.15) is 0 Å². The van der Waals surface area contributed by atoms with Gasteiger partial charge in [-0.25, -0.2) is 15.0 Å². The fourth-order valence-corrected chi connectivity index (χ4v) is 3.44. The number of aromatic nitrogens is 4. The largest absolute Gasteiger partial charge is 0.326 e. The fraction of sp³-hybridized carbons (Fsp3) is 0.368. The lowest BCUT2D eigenvalue weighted by molar-refractivity contribution is -0.119. The predicted molar refractivity (Wildman–Crippen MR) is 93.9 cm³/mol. The van der Waals surface area contributed by atoms with Crippen molar-refractivity contribution >= 4 is 16.7 Å². The quantitative estimate of drug-likeness (QED) is 0.792. The molecule has 6 heteroatoms. The first kappa shape index (κ1) is 14.7. The number of benzene rings is 1. The summed E-state index contributed by atoms with van der Waals surface area (Å²) in [5.74, 6) is 2.21. The Balaban J connectivity index is 1.51. The van der Waals surface area contributed by atoms with Gasteiger partial charge >= 0.3 is 0 Å². The Morgan fingerprint density at radius 2 is 2.16 bits per heavy atom. The summed E-state index contributed by atoms with van der Waals surface area (Å²) in [5, 5.41) is 4.33. The minimum Gasteiger partial charge on any atom is -0.326 e. The maximum atomic E-state index is 12.0. The number of hydrogen-bond acceptors (Lipinski definition) is 5. The minimum atomic E-state index is 0.248. The number of ketones is 1. The predicted octanol–water partition coefficient (Wildman–Crippen LogP) is 2.12. The highest BCUT2D eigenvalue weighted by atomic mass is 16.1. The lowest BCUT2D eigenvalue weighted by Gasteiger charge is -2.17. The van der Waals surface area contributed by atoms with Crippen LogP contribution in [0.25, 0.3) is 22.2 Å². The summed E-state index contributed by atoms with van der Waals surface area (Å²) in [5.41, 5.74) is 3.11. The third kappa shape index (κ3) is 2.72. The van der Waals surface area contributed by atoms with E-state index in [1.165, 1.54) is 0 Å². The van der Waals surface area contributed by atoms with Crippen LogP contribution in [-0.2, 0) is 24.3 Å². The van der Waals surface area contributed by atoms with Gasteiger partial charge < -0.3 is 9.88 Å². The summed E-state index contributed by atoms with van der Waals surface area (Å²) in [6, 6.07) is 6.21. The number of fused-ring (bicyclic) bond motifs is 2. The molecule has 3 heterocycles. The summed E-state index contributed by atoms with van der Waals surface area (Å²) in [4.78, 5) is 25.5. The molecule has 1 aliphatic carbocycles. The normalized spacial score (nSPS) is 16.8. The van der Waals surface area contributed by atoms with Gasteiger partial charge in [0.05, 0.1) is 30.4 Å². The Kier molecular flexibility index (Phi) is 3.38. The van der Waals surface area contributed by atoms with Gasteiger partial charge in [0.15, 0.2) is 0 Å². The van der Waals surface area contributed by atoms with Gasteiger partial charge in [-0.3, -0.25) is 4.79 Å². The number of Topliss-reactive ketones (excluding diaryl/α,β-unsaturated/α-hetero) is 1. The van der Waals surface area contributed by atoms with Gasteiger partial charge in [0.2, 0.25) is 0 Å². The van der Waals surface area contributed by atoms with Crippen LogP contribution in [0.15, 0.2) is 30.6 Å². The van der Waals surface area contributed by atoms with Crippen molar-refractivity contribution < 1.29 is 4.79 Å². The van der Waals surface area contributed by atoms with E-state index in [9.17, 15) is 4.79 Å². The fourth-order valence-electron chi connectivity index (χ4n) is 3.44. The maximum absolute atomic E-state index is 12.0. The van der Waals surface area contributed by atoms with Crippen molar-refractivity contribution in [2.75, 3.05) is 6.54 Å². The van der Waals surface area contributed by atoms with E-state index in [-0.39, 0.29) is 11.7 Å². The molecule has 1 fully saturated rings. The van der Waals surface area contributed by atoms with Gasteiger partial charge in [-0.15, -0.1) is 0 Å². The Morgan fingerprint density at radius 1 is 1.24 bits per heavy atom. The van der Waals surface area contributed by atoms with E-state index in [1.54, 1.807) is 0 Å². The molecule has 0 amide bonds. The van der Waals surface area contributed by atoms with E-state index in [0.29, 0.717) is 12.2 Å².